The molecule has 110 valence electrons. The van der Waals surface area contributed by atoms with Gasteiger partial charge in [-0.25, -0.2) is 0 Å². The highest BCUT2D eigenvalue weighted by Crippen LogP contribution is 2.28. The number of nitrogens with two attached hydrogens (primary N) is 1. The number of ether oxygens (including phenoxy) is 2. The minimum absolute atomic E-state index is 0.0435. The third-order valence-electron chi connectivity index (χ3n) is 2.41. The maximum Gasteiger partial charge on any atom is 0.250 e. The fourth-order valence-corrected chi connectivity index (χ4v) is 1.54. The van der Waals surface area contributed by atoms with Gasteiger partial charge in [0.05, 0.1) is 12.8 Å². The molecule has 0 aromatic heterocycles. The number of hydrogen-bond acceptors (Lipinski definition) is 5. The Balaban J connectivity index is 2.79. The van der Waals surface area contributed by atoms with E-state index in [1.54, 1.807) is 18.2 Å². The van der Waals surface area contributed by atoms with Gasteiger partial charge < -0.3 is 25.8 Å². The summed E-state index contributed by atoms with van der Waals surface area (Å²) in [6.45, 7) is 0.242. The predicted octanol–water partition coefficient (Wildman–Crippen LogP) is 0.567. The molecule has 0 spiro atoms. The fraction of sp³-hybridized carbons (Fsp3) is 0.385. The molecule has 1 aromatic rings. The van der Waals surface area contributed by atoms with Crippen molar-refractivity contribution >= 4 is 23.2 Å². The van der Waals surface area contributed by atoms with Crippen LogP contribution in [0.2, 0.25) is 0 Å². The van der Waals surface area contributed by atoms with E-state index in [4.69, 9.17) is 15.2 Å². The molecule has 7 nitrogen and oxygen atoms in total. The van der Waals surface area contributed by atoms with Gasteiger partial charge in [-0.3, -0.25) is 9.59 Å². The summed E-state index contributed by atoms with van der Waals surface area (Å²) in [7, 11) is 2.92. The Labute approximate surface area is 117 Å². The van der Waals surface area contributed by atoms with E-state index in [1.165, 1.54) is 14.2 Å². The summed E-state index contributed by atoms with van der Waals surface area (Å²) in [6.07, 6.45) is 0.245. The van der Waals surface area contributed by atoms with Gasteiger partial charge in [0.15, 0.2) is 0 Å². The first-order valence-electron chi connectivity index (χ1n) is 6.07. The zero-order valence-corrected chi connectivity index (χ0v) is 11.6. The molecule has 7 heteroatoms. The van der Waals surface area contributed by atoms with Crippen molar-refractivity contribution in [1.82, 2.24) is 0 Å². The molecule has 20 heavy (non-hydrogen) atoms. The number of benzene rings is 1. The molecule has 0 aliphatic rings. The van der Waals surface area contributed by atoms with Crippen molar-refractivity contribution in [3.8, 4) is 5.75 Å². The van der Waals surface area contributed by atoms with Gasteiger partial charge in [-0.05, 0) is 12.1 Å². The van der Waals surface area contributed by atoms with E-state index in [-0.39, 0.29) is 31.4 Å². The zero-order valence-electron chi connectivity index (χ0n) is 11.6. The van der Waals surface area contributed by atoms with Gasteiger partial charge in [0.1, 0.15) is 12.4 Å². The summed E-state index contributed by atoms with van der Waals surface area (Å²) in [5.74, 6) is -0.0172. The van der Waals surface area contributed by atoms with Crippen LogP contribution < -0.4 is 21.1 Å². The molecule has 0 atom stereocenters. The van der Waals surface area contributed by atoms with Crippen LogP contribution in [-0.4, -0.2) is 39.2 Å². The average molecular weight is 281 g/mol. The molecule has 4 N–H and O–H groups in total. The largest absolute Gasteiger partial charge is 0.494 e. The first-order valence-corrected chi connectivity index (χ1v) is 6.07. The molecule has 0 heterocycles. The Bertz CT molecular complexity index is 477. The van der Waals surface area contributed by atoms with Gasteiger partial charge in [0.25, 0.3) is 0 Å². The van der Waals surface area contributed by atoms with E-state index in [0.717, 1.165) is 0 Å². The fourth-order valence-electron chi connectivity index (χ4n) is 1.54. The van der Waals surface area contributed by atoms with Crippen LogP contribution in [0, 0.1) is 0 Å². The predicted molar refractivity (Wildman–Crippen MR) is 75.8 cm³/mol. The minimum Gasteiger partial charge on any atom is -0.494 e. The molecule has 1 aromatic carbocycles. The second kappa shape index (κ2) is 8.13. The van der Waals surface area contributed by atoms with Crippen molar-refractivity contribution in [3.05, 3.63) is 18.2 Å². The standard InChI is InChI=1S/C13H19N3O4/c1-19-8-13(18)16-10-4-3-9(7-11(10)20-2)15-12(17)5-6-14/h3-4,7H,5-6,8,14H2,1-2H3,(H,15,17)(H,16,18). The lowest BCUT2D eigenvalue weighted by molar-refractivity contribution is -0.119. The third-order valence-corrected chi connectivity index (χ3v) is 2.41. The van der Waals surface area contributed by atoms with Crippen LogP contribution in [0.4, 0.5) is 11.4 Å². The number of carbonyl (C=O) groups excluding carboxylic acids is 2. The molecule has 0 radical (unpaired) electrons. The van der Waals surface area contributed by atoms with Gasteiger partial charge in [0, 0.05) is 31.8 Å². The van der Waals surface area contributed by atoms with E-state index in [1.807, 2.05) is 0 Å². The lowest BCUT2D eigenvalue weighted by atomic mass is 10.2. The van der Waals surface area contributed by atoms with Crippen LogP contribution in [0.3, 0.4) is 0 Å². The van der Waals surface area contributed by atoms with Crippen LogP contribution in [0.15, 0.2) is 18.2 Å². The SMILES string of the molecule is COCC(=O)Nc1ccc(NC(=O)CCN)cc1OC. The summed E-state index contributed by atoms with van der Waals surface area (Å²) >= 11 is 0. The van der Waals surface area contributed by atoms with E-state index in [0.29, 0.717) is 17.1 Å². The topological polar surface area (TPSA) is 103 Å². The summed E-state index contributed by atoms with van der Waals surface area (Å²) in [5, 5.41) is 5.33. The second-order valence-electron chi connectivity index (χ2n) is 3.98. The Morgan fingerprint density at radius 3 is 2.55 bits per heavy atom. The van der Waals surface area contributed by atoms with Gasteiger partial charge in [0.2, 0.25) is 11.8 Å². The normalized spacial score (nSPS) is 9.95. The first-order chi connectivity index (χ1) is 9.60. The molecule has 0 saturated carbocycles. The van der Waals surface area contributed by atoms with E-state index in [9.17, 15) is 9.59 Å². The molecule has 0 unspecified atom stereocenters. The van der Waals surface area contributed by atoms with Crippen molar-refractivity contribution in [3.63, 3.8) is 0 Å². The van der Waals surface area contributed by atoms with Gasteiger partial charge in [-0.15, -0.1) is 0 Å². The lowest BCUT2D eigenvalue weighted by Crippen LogP contribution is -2.18. The molecule has 1 rings (SSSR count). The Hall–Kier alpha value is -2.12. The van der Waals surface area contributed by atoms with Gasteiger partial charge in [-0.1, -0.05) is 0 Å². The van der Waals surface area contributed by atoms with Gasteiger partial charge in [-0.2, -0.15) is 0 Å². The zero-order chi connectivity index (χ0) is 15.0. The van der Waals surface area contributed by atoms with Gasteiger partial charge >= 0.3 is 0 Å². The Morgan fingerprint density at radius 1 is 1.20 bits per heavy atom. The van der Waals surface area contributed by atoms with Crippen LogP contribution in [0.25, 0.3) is 0 Å². The highest BCUT2D eigenvalue weighted by atomic mass is 16.5. The lowest BCUT2D eigenvalue weighted by Gasteiger charge is -2.12. The smallest absolute Gasteiger partial charge is 0.250 e. The number of rotatable bonds is 7. The molecule has 0 aliphatic carbocycles. The quantitative estimate of drug-likeness (QED) is 0.678. The highest BCUT2D eigenvalue weighted by Gasteiger charge is 2.09. The average Bonchev–Trinajstić information content (AvgIpc) is 2.41. The molecular formula is C13H19N3O4. The third kappa shape index (κ3) is 4.87. The van der Waals surface area contributed by atoms with Crippen molar-refractivity contribution in [1.29, 1.82) is 0 Å². The molecule has 2 amide bonds. The van der Waals surface area contributed by atoms with E-state index in [2.05, 4.69) is 10.6 Å². The van der Waals surface area contributed by atoms with Crippen LogP contribution in [-0.2, 0) is 14.3 Å². The maximum atomic E-state index is 11.5. The maximum absolute atomic E-state index is 11.5. The number of hydrogen-bond donors (Lipinski definition) is 3. The monoisotopic (exact) mass is 281 g/mol. The highest BCUT2D eigenvalue weighted by molar-refractivity contribution is 5.95. The number of nitrogens with one attached hydrogen (secondary N) is 2. The minimum atomic E-state index is -0.286. The molecule has 0 saturated heterocycles. The summed E-state index contributed by atoms with van der Waals surface area (Å²) < 4.78 is 9.91. The van der Waals surface area contributed by atoms with Crippen LogP contribution >= 0.6 is 0 Å². The molecule has 0 fully saturated rings. The number of anilines is 2. The van der Waals surface area contributed by atoms with Crippen LogP contribution in [0.1, 0.15) is 6.42 Å². The van der Waals surface area contributed by atoms with Crippen molar-refractivity contribution in [2.75, 3.05) is 38.0 Å². The van der Waals surface area contributed by atoms with E-state index >= 15 is 0 Å². The molecule has 0 bridgehead atoms. The summed E-state index contributed by atoms with van der Waals surface area (Å²) in [6, 6.07) is 4.93. The number of carbonyl (C=O) groups is 2. The summed E-state index contributed by atoms with van der Waals surface area (Å²) in [4.78, 5) is 22.9. The van der Waals surface area contributed by atoms with Crippen molar-refractivity contribution in [2.45, 2.75) is 6.42 Å². The van der Waals surface area contributed by atoms with Crippen LogP contribution in [0.5, 0.6) is 5.75 Å². The second-order valence-corrected chi connectivity index (χ2v) is 3.98. The molecule has 0 aliphatic heterocycles. The summed E-state index contributed by atoms with van der Waals surface area (Å²) in [5.41, 5.74) is 6.38. The van der Waals surface area contributed by atoms with Crippen molar-refractivity contribution in [2.24, 2.45) is 5.73 Å². The number of methoxy groups -OCH3 is 2. The Kier molecular flexibility index (Phi) is 6.48. The van der Waals surface area contributed by atoms with E-state index < -0.39 is 0 Å². The Morgan fingerprint density at radius 2 is 1.95 bits per heavy atom. The number of amides is 2. The van der Waals surface area contributed by atoms with Crippen molar-refractivity contribution < 1.29 is 19.1 Å². The molecular weight excluding hydrogens is 262 g/mol. The first kappa shape index (κ1) is 15.9.